The van der Waals surface area contributed by atoms with Crippen molar-refractivity contribution in [2.75, 3.05) is 30.9 Å². The smallest absolute Gasteiger partial charge is 0.305 e. The minimum absolute atomic E-state index is 0.0750. The number of carboxylic acid groups (broad SMARTS) is 1. The number of hydrogen-bond acceptors (Lipinski definition) is 8. The number of carboxylic acids is 1. The highest BCUT2D eigenvalue weighted by molar-refractivity contribution is 8.01. The van der Waals surface area contributed by atoms with E-state index in [1.807, 2.05) is 0 Å². The second-order valence-corrected chi connectivity index (χ2v) is 13.4. The van der Waals surface area contributed by atoms with Crippen LogP contribution in [0.5, 0.6) is 11.5 Å². The first kappa shape index (κ1) is 36.4. The van der Waals surface area contributed by atoms with Gasteiger partial charge in [-0.3, -0.25) is 24.0 Å². The van der Waals surface area contributed by atoms with Gasteiger partial charge in [-0.25, -0.2) is 4.39 Å². The number of benzene rings is 3. The number of Topliss-reactive ketones (excluding diaryl/α,β-unsaturated/α-hetero) is 1. The number of thioether (sulfide) groups is 1. The van der Waals surface area contributed by atoms with Gasteiger partial charge in [0.1, 0.15) is 22.6 Å². The third kappa shape index (κ3) is 9.41. The molecule has 13 heteroatoms. The number of ketones is 1. The Morgan fingerprint density at radius 1 is 0.920 bits per heavy atom. The summed E-state index contributed by atoms with van der Waals surface area (Å²) in [5.74, 6) is -1.55. The Kier molecular flexibility index (Phi) is 12.5. The molecule has 3 unspecified atom stereocenters. The van der Waals surface area contributed by atoms with Gasteiger partial charge in [0.15, 0.2) is 12.4 Å². The van der Waals surface area contributed by atoms with E-state index in [4.69, 9.17) is 9.47 Å². The predicted molar refractivity (Wildman–Crippen MR) is 186 cm³/mol. The molecule has 0 spiro atoms. The van der Waals surface area contributed by atoms with Crippen molar-refractivity contribution in [1.29, 1.82) is 0 Å². The molecule has 3 aromatic rings. The highest BCUT2D eigenvalue weighted by atomic mass is 32.2. The van der Waals surface area contributed by atoms with Crippen LogP contribution < -0.4 is 25.0 Å². The molecule has 2 aliphatic rings. The van der Waals surface area contributed by atoms with Gasteiger partial charge < -0.3 is 30.1 Å². The van der Waals surface area contributed by atoms with Crippen molar-refractivity contribution in [3.8, 4) is 11.5 Å². The number of aliphatic carboxylic acids is 1. The lowest BCUT2D eigenvalue weighted by molar-refractivity contribution is -0.138. The Balaban J connectivity index is 1.16. The molecule has 50 heavy (non-hydrogen) atoms. The van der Waals surface area contributed by atoms with E-state index < -0.39 is 40.9 Å². The first-order valence-electron chi connectivity index (χ1n) is 16.5. The zero-order valence-corrected chi connectivity index (χ0v) is 28.5. The molecule has 1 saturated carbocycles. The Bertz CT molecular complexity index is 1660. The molecule has 3 aromatic carbocycles. The maximum absolute atomic E-state index is 13.7. The number of anilines is 1. The van der Waals surface area contributed by atoms with E-state index in [0.717, 1.165) is 37.7 Å². The SMILES string of the molecule is COc1ccc(C(=O)CSC2C(=O)N(c3ccc(F)cc3)C2c2ccc(OCC(=O)NCC(=O)NC(CC(=O)O)C3CCCCC3)cc2)cc1. The molecule has 1 heterocycles. The minimum atomic E-state index is -0.981. The summed E-state index contributed by atoms with van der Waals surface area (Å²) >= 11 is 1.24. The van der Waals surface area contributed by atoms with Crippen molar-refractivity contribution >= 4 is 46.9 Å². The van der Waals surface area contributed by atoms with E-state index >= 15 is 0 Å². The van der Waals surface area contributed by atoms with E-state index in [1.54, 1.807) is 60.5 Å². The molecule has 2 fully saturated rings. The summed E-state index contributed by atoms with van der Waals surface area (Å²) in [4.78, 5) is 64.2. The molecule has 1 aliphatic heterocycles. The van der Waals surface area contributed by atoms with Crippen LogP contribution >= 0.6 is 11.8 Å². The summed E-state index contributed by atoms with van der Waals surface area (Å²) < 4.78 is 24.5. The van der Waals surface area contributed by atoms with Crippen LogP contribution in [0.25, 0.3) is 0 Å². The monoisotopic (exact) mass is 705 g/mol. The normalized spacial score (nSPS) is 18.0. The second kappa shape index (κ2) is 17.1. The topological polar surface area (TPSA) is 151 Å². The number of amides is 3. The third-order valence-corrected chi connectivity index (χ3v) is 10.2. The summed E-state index contributed by atoms with van der Waals surface area (Å²) in [5, 5.41) is 14.0. The van der Waals surface area contributed by atoms with E-state index in [2.05, 4.69) is 10.6 Å². The average molecular weight is 706 g/mol. The van der Waals surface area contributed by atoms with Gasteiger partial charge in [-0.2, -0.15) is 0 Å². The van der Waals surface area contributed by atoms with Crippen molar-refractivity contribution in [2.45, 2.75) is 55.9 Å². The van der Waals surface area contributed by atoms with Gasteiger partial charge in [0.25, 0.3) is 5.91 Å². The number of nitrogens with zero attached hydrogens (tertiary/aromatic N) is 1. The van der Waals surface area contributed by atoms with E-state index in [9.17, 15) is 33.5 Å². The fourth-order valence-electron chi connectivity index (χ4n) is 6.32. The summed E-state index contributed by atoms with van der Waals surface area (Å²) in [6.45, 7) is -0.664. The Labute approximate surface area is 293 Å². The van der Waals surface area contributed by atoms with Crippen LogP contribution in [0.2, 0.25) is 0 Å². The molecule has 264 valence electrons. The lowest BCUT2D eigenvalue weighted by atomic mass is 9.82. The van der Waals surface area contributed by atoms with Crippen LogP contribution in [0.1, 0.15) is 60.5 Å². The summed E-state index contributed by atoms with van der Waals surface area (Å²) in [6.07, 6.45) is 4.67. The molecule has 1 aliphatic carbocycles. The maximum Gasteiger partial charge on any atom is 0.305 e. The fraction of sp³-hybridized carbons (Fsp3) is 0.378. The molecule has 0 aromatic heterocycles. The van der Waals surface area contributed by atoms with Crippen molar-refractivity contribution in [3.05, 3.63) is 89.7 Å². The second-order valence-electron chi connectivity index (χ2n) is 12.3. The van der Waals surface area contributed by atoms with E-state index in [1.165, 1.54) is 36.0 Å². The van der Waals surface area contributed by atoms with Crippen LogP contribution in [0.3, 0.4) is 0 Å². The molecule has 0 radical (unpaired) electrons. The highest BCUT2D eigenvalue weighted by Gasteiger charge is 2.49. The number of rotatable bonds is 16. The molecule has 5 rings (SSSR count). The standard InChI is InChI=1S/C37H40FN3O8S/c1-48-28-15-7-24(8-16-28)31(42)22-50-36-35(41(37(36)47)27-13-11-26(38)12-14-27)25-9-17-29(18-10-25)49-21-33(44)39-20-32(43)40-30(19-34(45)46)23-5-3-2-4-6-23/h7-18,23,30,35-36H,2-6,19-22H2,1H3,(H,39,44)(H,40,43)(H,45,46). The van der Waals surface area contributed by atoms with E-state index in [-0.39, 0.29) is 42.9 Å². The zero-order valence-electron chi connectivity index (χ0n) is 27.6. The number of ether oxygens (including phenoxy) is 2. The lowest BCUT2D eigenvalue weighted by Crippen LogP contribution is -2.57. The van der Waals surface area contributed by atoms with Gasteiger partial charge in [0.05, 0.1) is 31.9 Å². The number of halogens is 1. The van der Waals surface area contributed by atoms with Gasteiger partial charge in [-0.05, 0) is 85.0 Å². The predicted octanol–water partition coefficient (Wildman–Crippen LogP) is 4.94. The molecular weight excluding hydrogens is 665 g/mol. The lowest BCUT2D eigenvalue weighted by Gasteiger charge is -2.47. The van der Waals surface area contributed by atoms with E-state index in [0.29, 0.717) is 22.7 Å². The highest BCUT2D eigenvalue weighted by Crippen LogP contribution is 2.45. The van der Waals surface area contributed by atoms with Crippen LogP contribution in [0.15, 0.2) is 72.8 Å². The summed E-state index contributed by atoms with van der Waals surface area (Å²) in [5.41, 5.74) is 1.78. The molecule has 0 bridgehead atoms. The maximum atomic E-state index is 13.7. The first-order valence-corrected chi connectivity index (χ1v) is 17.6. The zero-order chi connectivity index (χ0) is 35.6. The Morgan fingerprint density at radius 3 is 2.22 bits per heavy atom. The van der Waals surface area contributed by atoms with Gasteiger partial charge in [-0.15, -0.1) is 11.8 Å². The number of carbonyl (C=O) groups is 5. The summed E-state index contributed by atoms with van der Waals surface area (Å²) in [7, 11) is 1.54. The number of hydrogen-bond donors (Lipinski definition) is 3. The Morgan fingerprint density at radius 2 is 1.58 bits per heavy atom. The van der Waals surface area contributed by atoms with Crippen LogP contribution in [-0.4, -0.2) is 71.9 Å². The van der Waals surface area contributed by atoms with Crippen molar-refractivity contribution in [3.63, 3.8) is 0 Å². The number of carbonyl (C=O) groups excluding carboxylic acids is 4. The van der Waals surface area contributed by atoms with Crippen LogP contribution in [-0.2, 0) is 19.2 Å². The van der Waals surface area contributed by atoms with Gasteiger partial charge >= 0.3 is 5.97 Å². The fourth-order valence-corrected chi connectivity index (χ4v) is 7.54. The average Bonchev–Trinajstić information content (AvgIpc) is 3.13. The minimum Gasteiger partial charge on any atom is -0.497 e. The van der Waals surface area contributed by atoms with Gasteiger partial charge in [0, 0.05) is 17.3 Å². The van der Waals surface area contributed by atoms with Gasteiger partial charge in [-0.1, -0.05) is 31.4 Å². The third-order valence-electron chi connectivity index (χ3n) is 8.95. The summed E-state index contributed by atoms with van der Waals surface area (Å²) in [6, 6.07) is 18.3. The number of nitrogens with one attached hydrogen (secondary N) is 2. The number of methoxy groups -OCH3 is 1. The largest absolute Gasteiger partial charge is 0.497 e. The molecular formula is C37H40FN3O8S. The first-order chi connectivity index (χ1) is 24.1. The molecule has 3 amide bonds. The molecule has 3 atom stereocenters. The van der Waals surface area contributed by atoms with Crippen molar-refractivity contribution in [1.82, 2.24) is 10.6 Å². The van der Waals surface area contributed by atoms with Crippen molar-refractivity contribution < 1.29 is 42.9 Å². The van der Waals surface area contributed by atoms with Crippen LogP contribution in [0.4, 0.5) is 10.1 Å². The Hall–Kier alpha value is -4.91. The quantitative estimate of drug-likeness (QED) is 0.139. The molecule has 11 nitrogen and oxygen atoms in total. The van der Waals surface area contributed by atoms with Crippen molar-refractivity contribution in [2.24, 2.45) is 5.92 Å². The molecule has 3 N–H and O–H groups in total. The van der Waals surface area contributed by atoms with Gasteiger partial charge in [0.2, 0.25) is 11.8 Å². The molecule has 1 saturated heterocycles. The van der Waals surface area contributed by atoms with Crippen LogP contribution in [0, 0.1) is 11.7 Å². The number of β-lactam (4-membered cyclic amide) rings is 1.